The van der Waals surface area contributed by atoms with E-state index >= 15 is 0 Å². The summed E-state index contributed by atoms with van der Waals surface area (Å²) in [5.41, 5.74) is 2.58. The summed E-state index contributed by atoms with van der Waals surface area (Å²) in [4.78, 5) is 33.1. The Bertz CT molecular complexity index is 1150. The maximum Gasteiger partial charge on any atom is 0.573 e. The van der Waals surface area contributed by atoms with Crippen molar-refractivity contribution >= 4 is 40.1 Å². The van der Waals surface area contributed by atoms with Crippen LogP contribution in [0.4, 0.5) is 18.9 Å². The number of methoxy groups -OCH3 is 1. The number of halogens is 4. The number of alkyl halides is 3. The first-order valence-electron chi connectivity index (χ1n) is 11.2. The van der Waals surface area contributed by atoms with E-state index in [1.165, 1.54) is 44.2 Å². The molecular weight excluding hydrogens is 515 g/mol. The van der Waals surface area contributed by atoms with Crippen LogP contribution in [0, 0.1) is 5.92 Å². The summed E-state index contributed by atoms with van der Waals surface area (Å²) in [7, 11) is 1.25. The maximum atomic E-state index is 12.7. The van der Waals surface area contributed by atoms with Crippen molar-refractivity contribution in [2.24, 2.45) is 11.0 Å². The summed E-state index contributed by atoms with van der Waals surface area (Å²) in [6, 6.07) is 11.1. The molecule has 1 aliphatic rings. The molecule has 12 heteroatoms. The van der Waals surface area contributed by atoms with Crippen LogP contribution in [0.5, 0.6) is 11.5 Å². The van der Waals surface area contributed by atoms with E-state index in [0.717, 1.165) is 5.56 Å². The molecule has 2 aromatic carbocycles. The van der Waals surface area contributed by atoms with Crippen molar-refractivity contribution in [1.82, 2.24) is 5.01 Å². The van der Waals surface area contributed by atoms with Crippen LogP contribution in [0.25, 0.3) is 0 Å². The van der Waals surface area contributed by atoms with Gasteiger partial charge in [0.05, 0.1) is 19.4 Å². The molecule has 8 nitrogen and oxygen atoms in total. The largest absolute Gasteiger partial charge is 0.573 e. The quantitative estimate of drug-likeness (QED) is 0.468. The lowest BCUT2D eigenvalue weighted by atomic mass is 9.89. The van der Waals surface area contributed by atoms with Gasteiger partial charge in [-0.3, -0.25) is 14.4 Å². The molecule has 200 valence electrons. The highest BCUT2D eigenvalue weighted by Crippen LogP contribution is 2.35. The number of amides is 2. The first-order chi connectivity index (χ1) is 17.3. The minimum Gasteiger partial charge on any atom is -0.493 e. The van der Waals surface area contributed by atoms with Gasteiger partial charge in [-0.15, -0.1) is 13.2 Å². The van der Waals surface area contributed by atoms with Crippen LogP contribution in [-0.2, 0) is 20.9 Å². The molecule has 3 rings (SSSR count). The number of carbonyl (C=O) groups excluding carboxylic acids is 3. The Kier molecular flexibility index (Phi) is 10.5. The fraction of sp³-hybridized carbons (Fsp3) is 0.360. The van der Waals surface area contributed by atoms with Gasteiger partial charge in [0.1, 0.15) is 0 Å². The minimum atomic E-state index is -4.85. The van der Waals surface area contributed by atoms with Gasteiger partial charge in [0.25, 0.3) is 0 Å². The van der Waals surface area contributed by atoms with Crippen molar-refractivity contribution < 1.29 is 37.0 Å². The molecule has 1 heterocycles. The molecule has 0 bridgehead atoms. The summed E-state index contributed by atoms with van der Waals surface area (Å²) >= 11 is 4.64. The van der Waals surface area contributed by atoms with Gasteiger partial charge in [0, 0.05) is 37.4 Å². The van der Waals surface area contributed by atoms with Crippen molar-refractivity contribution in [3.63, 3.8) is 0 Å². The molecule has 0 aromatic heterocycles. The molecule has 2 aromatic rings. The van der Waals surface area contributed by atoms with Gasteiger partial charge in [0.15, 0.2) is 11.5 Å². The van der Waals surface area contributed by atoms with E-state index in [9.17, 15) is 27.6 Å². The predicted octanol–water partition coefficient (Wildman–Crippen LogP) is 5.49. The van der Waals surface area contributed by atoms with Crippen LogP contribution < -0.4 is 14.8 Å². The third-order valence-corrected chi connectivity index (χ3v) is 5.11. The summed E-state index contributed by atoms with van der Waals surface area (Å²) in [6.45, 7) is 4.84. The molecule has 1 N–H and O–H groups in total. The number of benzene rings is 2. The Morgan fingerprint density at radius 2 is 1.76 bits per heavy atom. The van der Waals surface area contributed by atoms with Gasteiger partial charge < -0.3 is 14.8 Å². The third-order valence-electron chi connectivity index (χ3n) is 5.11. The topological polar surface area (TPSA) is 97.3 Å². The van der Waals surface area contributed by atoms with Crippen molar-refractivity contribution in [3.05, 3.63) is 53.6 Å². The second-order valence-electron chi connectivity index (χ2n) is 8.01. The van der Waals surface area contributed by atoms with E-state index in [0.29, 0.717) is 23.4 Å². The molecule has 1 atom stereocenters. The minimum absolute atomic E-state index is 0.0839. The standard InChI is InChI=1S/C23H24F3N3O4.C2H3ClO/c1-4-16-12-21(31)29(13-15-5-8-18(9-6-15)27-14(2)30)28-22(16)17-7-10-19(20(11-17)32-3)33-23(24,25)26;1-2(3)4/h5-11,16H,4,12-13H2,1-3H3,(H,27,30);1H3. The van der Waals surface area contributed by atoms with Crippen molar-refractivity contribution in [2.45, 2.75) is 46.5 Å². The number of hydrogen-bond donors (Lipinski definition) is 1. The SMILES string of the molecule is CC(=O)Cl.CCC1CC(=O)N(Cc2ccc(NC(C)=O)cc2)N=C1c1ccc(OC(F)(F)F)c(OC)c1. The van der Waals surface area contributed by atoms with Gasteiger partial charge in [-0.2, -0.15) is 5.10 Å². The normalized spacial score (nSPS) is 15.2. The number of anilines is 1. The molecule has 1 aliphatic heterocycles. The van der Waals surface area contributed by atoms with Gasteiger partial charge in [-0.05, 0) is 53.9 Å². The number of carbonyl (C=O) groups is 3. The summed E-state index contributed by atoms with van der Waals surface area (Å²) < 4.78 is 47.1. The molecule has 37 heavy (non-hydrogen) atoms. The molecule has 0 saturated carbocycles. The van der Waals surface area contributed by atoms with E-state index in [-0.39, 0.29) is 41.7 Å². The van der Waals surface area contributed by atoms with Crippen LogP contribution in [0.2, 0.25) is 0 Å². The number of hydrogen-bond acceptors (Lipinski definition) is 6. The summed E-state index contributed by atoms with van der Waals surface area (Å²) in [5.74, 6) is -1.06. The van der Waals surface area contributed by atoms with Crippen molar-refractivity contribution in [3.8, 4) is 11.5 Å². The molecule has 1 unspecified atom stereocenters. The van der Waals surface area contributed by atoms with Gasteiger partial charge in [-0.1, -0.05) is 19.1 Å². The van der Waals surface area contributed by atoms with E-state index < -0.39 is 12.1 Å². The first-order valence-corrected chi connectivity index (χ1v) is 11.6. The Morgan fingerprint density at radius 1 is 1.14 bits per heavy atom. The molecule has 0 aliphatic carbocycles. The number of rotatable bonds is 7. The molecule has 2 amide bonds. The molecule has 0 saturated heterocycles. The average molecular weight is 542 g/mol. The lowest BCUT2D eigenvalue weighted by molar-refractivity contribution is -0.275. The number of nitrogens with zero attached hydrogens (tertiary/aromatic N) is 2. The molecule has 0 spiro atoms. The Hall–Kier alpha value is -3.60. The van der Waals surface area contributed by atoms with Crippen LogP contribution in [0.3, 0.4) is 0 Å². The van der Waals surface area contributed by atoms with E-state index in [2.05, 4.69) is 26.8 Å². The Morgan fingerprint density at radius 3 is 2.27 bits per heavy atom. The predicted molar refractivity (Wildman–Crippen MR) is 132 cm³/mol. The highest BCUT2D eigenvalue weighted by atomic mass is 35.5. The van der Waals surface area contributed by atoms with E-state index in [1.807, 2.05) is 6.92 Å². The zero-order valence-corrected chi connectivity index (χ0v) is 21.4. The fourth-order valence-electron chi connectivity index (χ4n) is 3.54. The summed E-state index contributed by atoms with van der Waals surface area (Å²) in [5, 5.41) is 8.21. The number of hydrazone groups is 1. The van der Waals surface area contributed by atoms with Crippen LogP contribution in [-0.4, -0.2) is 41.2 Å². The zero-order chi connectivity index (χ0) is 27.8. The maximum absolute atomic E-state index is 12.7. The Labute approximate surface area is 217 Å². The smallest absolute Gasteiger partial charge is 0.493 e. The highest BCUT2D eigenvalue weighted by molar-refractivity contribution is 6.62. The Balaban J connectivity index is 0.00000112. The van der Waals surface area contributed by atoms with E-state index in [1.54, 1.807) is 24.3 Å². The first kappa shape index (κ1) is 29.6. The zero-order valence-electron chi connectivity index (χ0n) is 20.7. The van der Waals surface area contributed by atoms with Crippen LogP contribution in [0.15, 0.2) is 47.6 Å². The van der Waals surface area contributed by atoms with E-state index in [4.69, 9.17) is 4.74 Å². The van der Waals surface area contributed by atoms with Crippen LogP contribution >= 0.6 is 11.6 Å². The van der Waals surface area contributed by atoms with Crippen LogP contribution in [0.1, 0.15) is 44.7 Å². The molecular formula is C25H27ClF3N3O5. The summed E-state index contributed by atoms with van der Waals surface area (Å²) in [6.07, 6.45) is -3.99. The van der Waals surface area contributed by atoms with Gasteiger partial charge in [-0.25, -0.2) is 5.01 Å². The lowest BCUT2D eigenvalue weighted by Crippen LogP contribution is -2.36. The third kappa shape index (κ3) is 9.41. The van der Waals surface area contributed by atoms with Crippen molar-refractivity contribution in [1.29, 1.82) is 0 Å². The molecule has 0 fully saturated rings. The highest BCUT2D eigenvalue weighted by Gasteiger charge is 2.33. The number of ether oxygens (including phenoxy) is 2. The van der Waals surface area contributed by atoms with Gasteiger partial charge in [0.2, 0.25) is 17.1 Å². The molecule has 0 radical (unpaired) electrons. The van der Waals surface area contributed by atoms with Gasteiger partial charge >= 0.3 is 6.36 Å². The number of nitrogens with one attached hydrogen (secondary N) is 1. The second-order valence-corrected chi connectivity index (χ2v) is 8.54. The van der Waals surface area contributed by atoms with Crippen molar-refractivity contribution in [2.75, 3.05) is 12.4 Å². The fourth-order valence-corrected chi connectivity index (χ4v) is 3.54. The lowest BCUT2D eigenvalue weighted by Gasteiger charge is -2.29. The average Bonchev–Trinajstić information content (AvgIpc) is 2.80. The second kappa shape index (κ2) is 13.1. The monoisotopic (exact) mass is 541 g/mol.